The third kappa shape index (κ3) is 7.37. The molecule has 0 aliphatic rings. The van der Waals surface area contributed by atoms with Crippen LogP contribution in [0.3, 0.4) is 0 Å². The van der Waals surface area contributed by atoms with Crippen LogP contribution >= 0.6 is 15.9 Å². The smallest absolute Gasteiger partial charge is 0.276 e. The van der Waals surface area contributed by atoms with Gasteiger partial charge in [-0.05, 0) is 53.8 Å². The van der Waals surface area contributed by atoms with Gasteiger partial charge in [0.05, 0.1) is 6.61 Å². The number of halogens is 1. The predicted octanol–water partition coefficient (Wildman–Crippen LogP) is 4.62. The van der Waals surface area contributed by atoms with Crippen LogP contribution in [-0.2, 0) is 10.2 Å². The molecule has 162 valence electrons. The third-order valence-corrected chi connectivity index (χ3v) is 4.62. The van der Waals surface area contributed by atoms with Gasteiger partial charge in [-0.25, -0.2) is 0 Å². The van der Waals surface area contributed by atoms with Crippen molar-refractivity contribution < 1.29 is 19.1 Å². The van der Waals surface area contributed by atoms with E-state index in [1.54, 1.807) is 24.3 Å². The first-order chi connectivity index (χ1) is 14.1. The molecule has 2 rings (SSSR count). The topological polar surface area (TPSA) is 76.7 Å². The highest BCUT2D eigenvalue weighted by atomic mass is 79.9. The summed E-state index contributed by atoms with van der Waals surface area (Å²) >= 11 is 3.46. The predicted molar refractivity (Wildman–Crippen MR) is 121 cm³/mol. The molecule has 0 aliphatic carbocycles. The zero-order chi connectivity index (χ0) is 22.3. The maximum Gasteiger partial charge on any atom is 0.276 e. The fourth-order valence-corrected chi connectivity index (χ4v) is 2.92. The lowest BCUT2D eigenvalue weighted by molar-refractivity contribution is -0.123. The summed E-state index contributed by atoms with van der Waals surface area (Å²) < 4.78 is 12.2. The number of hydrogen-bond acceptors (Lipinski definition) is 4. The van der Waals surface area contributed by atoms with Crippen molar-refractivity contribution >= 4 is 27.7 Å². The fourth-order valence-electron chi connectivity index (χ4n) is 2.56. The van der Waals surface area contributed by atoms with Crippen molar-refractivity contribution in [2.45, 2.75) is 40.0 Å². The summed E-state index contributed by atoms with van der Waals surface area (Å²) in [6, 6.07) is 12.4. The lowest BCUT2D eigenvalue weighted by atomic mass is 9.86. The van der Waals surface area contributed by atoms with Gasteiger partial charge < -0.3 is 9.47 Å². The van der Waals surface area contributed by atoms with E-state index in [1.807, 2.05) is 18.2 Å². The molecular weight excluding hydrogens is 448 g/mol. The maximum atomic E-state index is 12.2. The molecule has 0 saturated heterocycles. The van der Waals surface area contributed by atoms with Crippen LogP contribution in [0, 0.1) is 5.92 Å². The molecule has 0 bridgehead atoms. The van der Waals surface area contributed by atoms with Gasteiger partial charge in [0.1, 0.15) is 11.5 Å². The minimum Gasteiger partial charge on any atom is -0.493 e. The van der Waals surface area contributed by atoms with E-state index in [4.69, 9.17) is 9.47 Å². The van der Waals surface area contributed by atoms with Gasteiger partial charge >= 0.3 is 0 Å². The largest absolute Gasteiger partial charge is 0.493 e. The summed E-state index contributed by atoms with van der Waals surface area (Å²) in [6.07, 6.45) is 0. The molecule has 2 amide bonds. The van der Waals surface area contributed by atoms with Crippen molar-refractivity contribution in [1.82, 2.24) is 10.9 Å². The first-order valence-corrected chi connectivity index (χ1v) is 10.6. The van der Waals surface area contributed by atoms with E-state index in [9.17, 15) is 9.59 Å². The fraction of sp³-hybridized carbons (Fsp3) is 0.391. The zero-order valence-electron chi connectivity index (χ0n) is 18.0. The molecule has 0 aliphatic heterocycles. The Balaban J connectivity index is 1.86. The Hall–Kier alpha value is -2.54. The Labute approximate surface area is 186 Å². The number of nitrogens with one attached hydrogen (secondary N) is 2. The number of amides is 2. The molecule has 2 aromatic rings. The lowest BCUT2D eigenvalue weighted by Gasteiger charge is -2.23. The number of rotatable bonds is 7. The first-order valence-electron chi connectivity index (χ1n) is 9.81. The normalized spacial score (nSPS) is 11.2. The van der Waals surface area contributed by atoms with Gasteiger partial charge in [-0.15, -0.1) is 0 Å². The van der Waals surface area contributed by atoms with E-state index in [2.05, 4.69) is 61.4 Å². The SMILES string of the molecule is CC(C)COc1ccc(C(=O)NNC(=O)COc2ccc(Br)cc2C(C)(C)C)cc1. The van der Waals surface area contributed by atoms with Crippen molar-refractivity contribution in [3.05, 3.63) is 58.1 Å². The van der Waals surface area contributed by atoms with Crippen molar-refractivity contribution in [2.24, 2.45) is 5.92 Å². The van der Waals surface area contributed by atoms with Crippen molar-refractivity contribution in [3.63, 3.8) is 0 Å². The van der Waals surface area contributed by atoms with Gasteiger partial charge in [-0.3, -0.25) is 20.4 Å². The average molecular weight is 477 g/mol. The second-order valence-electron chi connectivity index (χ2n) is 8.41. The molecular formula is C23H29BrN2O4. The van der Waals surface area contributed by atoms with Gasteiger partial charge in [0.15, 0.2) is 6.61 Å². The van der Waals surface area contributed by atoms with Gasteiger partial charge in [0.25, 0.3) is 11.8 Å². The molecule has 0 fully saturated rings. The van der Waals surface area contributed by atoms with Gasteiger partial charge in [0, 0.05) is 15.6 Å². The molecule has 2 N–H and O–H groups in total. The molecule has 30 heavy (non-hydrogen) atoms. The number of ether oxygens (including phenoxy) is 2. The minimum absolute atomic E-state index is 0.144. The highest BCUT2D eigenvalue weighted by Gasteiger charge is 2.20. The molecule has 6 nitrogen and oxygen atoms in total. The Morgan fingerprint density at radius 1 is 1.00 bits per heavy atom. The molecule has 0 aromatic heterocycles. The summed E-state index contributed by atoms with van der Waals surface area (Å²) in [4.78, 5) is 24.3. The highest BCUT2D eigenvalue weighted by Crippen LogP contribution is 2.33. The van der Waals surface area contributed by atoms with Gasteiger partial charge in [0.2, 0.25) is 0 Å². The minimum atomic E-state index is -0.456. The lowest BCUT2D eigenvalue weighted by Crippen LogP contribution is -2.43. The number of carbonyl (C=O) groups is 2. The van der Waals surface area contributed by atoms with Crippen LogP contribution in [0.1, 0.15) is 50.5 Å². The molecule has 2 aromatic carbocycles. The molecule has 0 heterocycles. The maximum absolute atomic E-state index is 12.2. The van der Waals surface area contributed by atoms with Crippen molar-refractivity contribution in [1.29, 1.82) is 0 Å². The number of hydrazine groups is 1. The summed E-state index contributed by atoms with van der Waals surface area (Å²) in [6.45, 7) is 10.7. The molecule has 0 atom stereocenters. The number of hydrogen-bond donors (Lipinski definition) is 2. The number of benzene rings is 2. The molecule has 7 heteroatoms. The van der Waals surface area contributed by atoms with E-state index >= 15 is 0 Å². The first kappa shape index (κ1) is 23.7. The van der Waals surface area contributed by atoms with E-state index in [1.165, 1.54) is 0 Å². The second kappa shape index (κ2) is 10.5. The van der Waals surface area contributed by atoms with Crippen LogP contribution < -0.4 is 20.3 Å². The van der Waals surface area contributed by atoms with Crippen LogP contribution in [-0.4, -0.2) is 25.0 Å². The monoisotopic (exact) mass is 476 g/mol. The van der Waals surface area contributed by atoms with Crippen molar-refractivity contribution in [3.8, 4) is 11.5 Å². The van der Waals surface area contributed by atoms with Crippen LogP contribution in [0.2, 0.25) is 0 Å². The third-order valence-electron chi connectivity index (χ3n) is 4.12. The van der Waals surface area contributed by atoms with Crippen LogP contribution in [0.4, 0.5) is 0 Å². The van der Waals surface area contributed by atoms with Crippen LogP contribution in [0.5, 0.6) is 11.5 Å². The Morgan fingerprint density at radius 3 is 2.27 bits per heavy atom. The molecule has 0 saturated carbocycles. The molecule has 0 unspecified atom stereocenters. The van der Waals surface area contributed by atoms with E-state index in [0.29, 0.717) is 29.6 Å². The van der Waals surface area contributed by atoms with Gasteiger partial charge in [-0.1, -0.05) is 50.5 Å². The van der Waals surface area contributed by atoms with E-state index < -0.39 is 11.8 Å². The van der Waals surface area contributed by atoms with E-state index in [0.717, 1.165) is 10.0 Å². The standard InChI is InChI=1S/C23H29BrN2O4/c1-15(2)13-29-18-9-6-16(7-10-18)22(28)26-25-21(27)14-30-20-11-8-17(24)12-19(20)23(3,4)5/h6-12,15H,13-14H2,1-5H3,(H,25,27)(H,26,28). The Bertz CT molecular complexity index is 874. The summed E-state index contributed by atoms with van der Waals surface area (Å²) in [7, 11) is 0. The Morgan fingerprint density at radius 2 is 1.67 bits per heavy atom. The zero-order valence-corrected chi connectivity index (χ0v) is 19.6. The quantitative estimate of drug-likeness (QED) is 0.571. The highest BCUT2D eigenvalue weighted by molar-refractivity contribution is 9.10. The average Bonchev–Trinajstić information content (AvgIpc) is 2.69. The summed E-state index contributed by atoms with van der Waals surface area (Å²) in [5.74, 6) is 0.870. The van der Waals surface area contributed by atoms with Gasteiger partial charge in [-0.2, -0.15) is 0 Å². The molecule has 0 radical (unpaired) electrons. The van der Waals surface area contributed by atoms with Crippen LogP contribution in [0.25, 0.3) is 0 Å². The number of carbonyl (C=O) groups excluding carboxylic acids is 2. The summed E-state index contributed by atoms with van der Waals surface area (Å²) in [5, 5.41) is 0. The van der Waals surface area contributed by atoms with Crippen LogP contribution in [0.15, 0.2) is 46.9 Å². The Kier molecular flexibility index (Phi) is 8.29. The molecule has 0 spiro atoms. The summed E-state index contributed by atoms with van der Waals surface area (Å²) in [5.41, 5.74) is 6.01. The van der Waals surface area contributed by atoms with Crippen molar-refractivity contribution in [2.75, 3.05) is 13.2 Å². The second-order valence-corrected chi connectivity index (χ2v) is 9.33. The van der Waals surface area contributed by atoms with E-state index in [-0.39, 0.29) is 12.0 Å².